The molecule has 5 heteroatoms. The van der Waals surface area contributed by atoms with Crippen molar-refractivity contribution in [3.8, 4) is 0 Å². The lowest BCUT2D eigenvalue weighted by molar-refractivity contribution is -0.121. The zero-order valence-corrected chi connectivity index (χ0v) is 10.9. The molecule has 0 fully saturated rings. The lowest BCUT2D eigenvalue weighted by Crippen LogP contribution is -2.30. The summed E-state index contributed by atoms with van der Waals surface area (Å²) in [6.45, 7) is 8.33. The summed E-state index contributed by atoms with van der Waals surface area (Å²) in [5, 5.41) is 6.11. The fourth-order valence-corrected chi connectivity index (χ4v) is 1.56. The van der Waals surface area contributed by atoms with Crippen molar-refractivity contribution in [2.24, 2.45) is 0 Å². The van der Waals surface area contributed by atoms with Crippen LogP contribution in [0.15, 0.2) is 12.4 Å². The molecular formula is C12H22N4O. The van der Waals surface area contributed by atoms with Gasteiger partial charge in [-0.05, 0) is 20.4 Å². The lowest BCUT2D eigenvalue weighted by atomic mass is 10.3. The number of aryl methyl sites for hydroxylation is 1. The summed E-state index contributed by atoms with van der Waals surface area (Å²) >= 11 is 0. The van der Waals surface area contributed by atoms with Crippen molar-refractivity contribution in [2.75, 3.05) is 6.54 Å². The number of carbonyl (C=O) groups is 1. The Morgan fingerprint density at radius 2 is 2.29 bits per heavy atom. The van der Waals surface area contributed by atoms with Crippen LogP contribution in [0.3, 0.4) is 0 Å². The van der Waals surface area contributed by atoms with Crippen molar-refractivity contribution in [3.63, 3.8) is 0 Å². The molecule has 0 atom stereocenters. The predicted octanol–water partition coefficient (Wildman–Crippen LogP) is 0.907. The van der Waals surface area contributed by atoms with E-state index in [2.05, 4.69) is 22.5 Å². The van der Waals surface area contributed by atoms with Crippen molar-refractivity contribution in [2.45, 2.75) is 46.3 Å². The van der Waals surface area contributed by atoms with Crippen molar-refractivity contribution >= 4 is 5.91 Å². The molecule has 0 aliphatic carbocycles. The molecule has 0 radical (unpaired) electrons. The molecule has 0 saturated heterocycles. The molecule has 2 N–H and O–H groups in total. The van der Waals surface area contributed by atoms with E-state index in [1.807, 2.05) is 24.6 Å². The molecular weight excluding hydrogens is 216 g/mol. The molecule has 1 rings (SSSR count). The van der Waals surface area contributed by atoms with Gasteiger partial charge in [0, 0.05) is 31.4 Å². The van der Waals surface area contributed by atoms with Crippen LogP contribution in [0, 0.1) is 0 Å². The highest BCUT2D eigenvalue weighted by Crippen LogP contribution is 1.99. The Kier molecular flexibility index (Phi) is 5.69. The first-order valence-electron chi connectivity index (χ1n) is 6.13. The summed E-state index contributed by atoms with van der Waals surface area (Å²) in [6.07, 6.45) is 4.18. The summed E-state index contributed by atoms with van der Waals surface area (Å²) < 4.78 is 2.02. The van der Waals surface area contributed by atoms with Gasteiger partial charge in [0.05, 0.1) is 6.54 Å². The molecule has 0 aromatic carbocycles. The van der Waals surface area contributed by atoms with Crippen LogP contribution in [0.2, 0.25) is 0 Å². The third-order valence-corrected chi connectivity index (χ3v) is 2.36. The summed E-state index contributed by atoms with van der Waals surface area (Å²) in [4.78, 5) is 15.8. The molecule has 1 aromatic rings. The van der Waals surface area contributed by atoms with Crippen LogP contribution in [-0.2, 0) is 17.9 Å². The zero-order valence-electron chi connectivity index (χ0n) is 10.9. The van der Waals surface area contributed by atoms with Gasteiger partial charge in [0.1, 0.15) is 5.82 Å². The summed E-state index contributed by atoms with van der Waals surface area (Å²) in [6, 6.07) is 0.200. The number of hydrogen-bond acceptors (Lipinski definition) is 3. The Labute approximate surface area is 103 Å². The van der Waals surface area contributed by atoms with Crippen LogP contribution in [0.1, 0.15) is 33.0 Å². The van der Waals surface area contributed by atoms with Gasteiger partial charge >= 0.3 is 0 Å². The Morgan fingerprint density at radius 3 is 2.94 bits per heavy atom. The van der Waals surface area contributed by atoms with Crippen LogP contribution < -0.4 is 10.6 Å². The van der Waals surface area contributed by atoms with E-state index in [0.29, 0.717) is 13.0 Å². The van der Waals surface area contributed by atoms with Crippen LogP contribution in [0.5, 0.6) is 0 Å². The molecule has 1 aromatic heterocycles. The van der Waals surface area contributed by atoms with E-state index < -0.39 is 0 Å². The molecule has 0 aliphatic heterocycles. The monoisotopic (exact) mass is 238 g/mol. The largest absolute Gasteiger partial charge is 0.354 e. The molecule has 1 heterocycles. The average molecular weight is 238 g/mol. The number of rotatable bonds is 7. The smallest absolute Gasteiger partial charge is 0.221 e. The van der Waals surface area contributed by atoms with Crippen LogP contribution in [0.25, 0.3) is 0 Å². The third kappa shape index (κ3) is 4.99. The van der Waals surface area contributed by atoms with Gasteiger partial charge in [0.25, 0.3) is 0 Å². The minimum Gasteiger partial charge on any atom is -0.354 e. The highest BCUT2D eigenvalue weighted by Gasteiger charge is 2.06. The van der Waals surface area contributed by atoms with Gasteiger partial charge in [-0.25, -0.2) is 4.98 Å². The van der Waals surface area contributed by atoms with E-state index >= 15 is 0 Å². The van der Waals surface area contributed by atoms with Crippen LogP contribution in [0.4, 0.5) is 0 Å². The maximum atomic E-state index is 11.5. The van der Waals surface area contributed by atoms with Gasteiger partial charge in [-0.1, -0.05) is 6.92 Å². The first-order chi connectivity index (χ1) is 8.13. The maximum absolute atomic E-state index is 11.5. The molecule has 0 saturated carbocycles. The number of aromatic nitrogens is 2. The van der Waals surface area contributed by atoms with Crippen LogP contribution >= 0.6 is 0 Å². The first kappa shape index (κ1) is 13.7. The fourth-order valence-electron chi connectivity index (χ4n) is 1.56. The SMILES string of the molecule is CCNCc1nccn1CCC(=O)NC(C)C. The summed E-state index contributed by atoms with van der Waals surface area (Å²) in [7, 11) is 0. The second kappa shape index (κ2) is 7.06. The molecule has 5 nitrogen and oxygen atoms in total. The summed E-state index contributed by atoms with van der Waals surface area (Å²) in [5.74, 6) is 1.06. The molecule has 0 bridgehead atoms. The normalized spacial score (nSPS) is 10.8. The second-order valence-electron chi connectivity index (χ2n) is 4.29. The third-order valence-electron chi connectivity index (χ3n) is 2.36. The zero-order chi connectivity index (χ0) is 12.7. The molecule has 0 spiro atoms. The van der Waals surface area contributed by atoms with Gasteiger partial charge < -0.3 is 15.2 Å². The fraction of sp³-hybridized carbons (Fsp3) is 0.667. The van der Waals surface area contributed by atoms with E-state index in [0.717, 1.165) is 18.9 Å². The molecule has 0 unspecified atom stereocenters. The Balaban J connectivity index is 2.40. The number of nitrogens with one attached hydrogen (secondary N) is 2. The Morgan fingerprint density at radius 1 is 1.53 bits per heavy atom. The van der Waals surface area contributed by atoms with Crippen molar-refractivity contribution in [3.05, 3.63) is 18.2 Å². The summed E-state index contributed by atoms with van der Waals surface area (Å²) in [5.41, 5.74) is 0. The molecule has 17 heavy (non-hydrogen) atoms. The quantitative estimate of drug-likeness (QED) is 0.742. The highest BCUT2D eigenvalue weighted by molar-refractivity contribution is 5.76. The molecule has 1 amide bonds. The second-order valence-corrected chi connectivity index (χ2v) is 4.29. The molecule has 96 valence electrons. The minimum absolute atomic E-state index is 0.0862. The van der Waals surface area contributed by atoms with E-state index in [-0.39, 0.29) is 11.9 Å². The minimum atomic E-state index is 0.0862. The van der Waals surface area contributed by atoms with Gasteiger partial charge in [0.2, 0.25) is 5.91 Å². The number of carbonyl (C=O) groups excluding carboxylic acids is 1. The number of hydrogen-bond donors (Lipinski definition) is 2. The van der Waals surface area contributed by atoms with Gasteiger partial charge in [-0.2, -0.15) is 0 Å². The standard InChI is InChI=1S/C12H22N4O/c1-4-13-9-11-14-6-8-16(11)7-5-12(17)15-10(2)3/h6,8,10,13H,4-5,7,9H2,1-3H3,(H,15,17). The van der Waals surface area contributed by atoms with E-state index in [9.17, 15) is 4.79 Å². The van der Waals surface area contributed by atoms with E-state index in [4.69, 9.17) is 0 Å². The Bertz CT molecular complexity index is 346. The Hall–Kier alpha value is -1.36. The van der Waals surface area contributed by atoms with Gasteiger partial charge in [-0.3, -0.25) is 4.79 Å². The van der Waals surface area contributed by atoms with Gasteiger partial charge in [-0.15, -0.1) is 0 Å². The first-order valence-corrected chi connectivity index (χ1v) is 6.13. The van der Waals surface area contributed by atoms with E-state index in [1.165, 1.54) is 0 Å². The molecule has 0 aliphatic rings. The lowest BCUT2D eigenvalue weighted by Gasteiger charge is -2.10. The average Bonchev–Trinajstić information content (AvgIpc) is 2.70. The van der Waals surface area contributed by atoms with Crippen molar-refractivity contribution in [1.29, 1.82) is 0 Å². The number of imidazole rings is 1. The topological polar surface area (TPSA) is 59.0 Å². The van der Waals surface area contributed by atoms with E-state index in [1.54, 1.807) is 6.20 Å². The van der Waals surface area contributed by atoms with Crippen molar-refractivity contribution < 1.29 is 4.79 Å². The predicted molar refractivity (Wildman–Crippen MR) is 67.5 cm³/mol. The van der Waals surface area contributed by atoms with Crippen molar-refractivity contribution in [1.82, 2.24) is 20.2 Å². The van der Waals surface area contributed by atoms with Gasteiger partial charge in [0.15, 0.2) is 0 Å². The number of amides is 1. The van der Waals surface area contributed by atoms with Crippen LogP contribution in [-0.4, -0.2) is 28.0 Å². The highest BCUT2D eigenvalue weighted by atomic mass is 16.1. The maximum Gasteiger partial charge on any atom is 0.221 e. The number of nitrogens with zero attached hydrogens (tertiary/aromatic N) is 2.